The topological polar surface area (TPSA) is 51.0 Å². The number of aromatic nitrogens is 2. The molecule has 1 aromatic heterocycles. The zero-order chi connectivity index (χ0) is 14.7. The highest BCUT2D eigenvalue weighted by atomic mass is 16.4. The van der Waals surface area contributed by atoms with E-state index in [1.54, 1.807) is 0 Å². The van der Waals surface area contributed by atoms with Crippen molar-refractivity contribution >= 4 is 0 Å². The molecule has 2 unspecified atom stereocenters. The molecular formula is C17H23N3O. The fraction of sp³-hybridized carbons (Fsp3) is 0.529. The van der Waals surface area contributed by atoms with Gasteiger partial charge >= 0.3 is 0 Å². The first-order valence-electron chi connectivity index (χ1n) is 7.94. The molecule has 0 spiro atoms. The molecule has 1 aliphatic carbocycles. The standard InChI is InChI=1S/C17H23N3O/c1-3-11-18-12(2)16-19-20-17(21-16)15-10-6-8-13-7-4-5-9-14(13)15/h4-5,7,9,12,15,18H,3,6,8,10-11H2,1-2H3. The zero-order valence-electron chi connectivity index (χ0n) is 12.8. The highest BCUT2D eigenvalue weighted by Gasteiger charge is 2.26. The molecule has 1 N–H and O–H groups in total. The van der Waals surface area contributed by atoms with E-state index in [1.165, 1.54) is 17.5 Å². The van der Waals surface area contributed by atoms with E-state index in [4.69, 9.17) is 4.42 Å². The maximum atomic E-state index is 5.95. The van der Waals surface area contributed by atoms with Gasteiger partial charge in [0.05, 0.1) is 12.0 Å². The van der Waals surface area contributed by atoms with E-state index in [1.807, 2.05) is 0 Å². The van der Waals surface area contributed by atoms with Crippen molar-refractivity contribution < 1.29 is 4.42 Å². The number of aryl methyl sites for hydroxylation is 1. The van der Waals surface area contributed by atoms with Crippen molar-refractivity contribution in [3.63, 3.8) is 0 Å². The second-order valence-electron chi connectivity index (χ2n) is 5.80. The number of nitrogens with one attached hydrogen (secondary N) is 1. The lowest BCUT2D eigenvalue weighted by Crippen LogP contribution is -2.19. The van der Waals surface area contributed by atoms with Gasteiger partial charge in [-0.15, -0.1) is 10.2 Å². The molecule has 0 radical (unpaired) electrons. The first-order valence-corrected chi connectivity index (χ1v) is 7.94. The number of rotatable bonds is 5. The van der Waals surface area contributed by atoms with E-state index < -0.39 is 0 Å². The third-order valence-corrected chi connectivity index (χ3v) is 4.19. The van der Waals surface area contributed by atoms with Crippen molar-refractivity contribution in [3.8, 4) is 0 Å². The Kier molecular flexibility index (Phi) is 4.34. The van der Waals surface area contributed by atoms with Crippen LogP contribution in [0.15, 0.2) is 28.7 Å². The quantitative estimate of drug-likeness (QED) is 0.912. The summed E-state index contributed by atoms with van der Waals surface area (Å²) < 4.78 is 5.95. The summed E-state index contributed by atoms with van der Waals surface area (Å²) in [4.78, 5) is 0. The van der Waals surface area contributed by atoms with Gasteiger partial charge in [-0.1, -0.05) is 31.2 Å². The van der Waals surface area contributed by atoms with Gasteiger partial charge in [0.25, 0.3) is 0 Å². The van der Waals surface area contributed by atoms with Crippen LogP contribution in [-0.2, 0) is 6.42 Å². The molecule has 4 heteroatoms. The maximum Gasteiger partial charge on any atom is 0.233 e. The van der Waals surface area contributed by atoms with Gasteiger partial charge in [0, 0.05) is 0 Å². The predicted octanol–water partition coefficient (Wildman–Crippen LogP) is 3.60. The first-order chi connectivity index (χ1) is 10.3. The summed E-state index contributed by atoms with van der Waals surface area (Å²) in [7, 11) is 0. The molecule has 112 valence electrons. The molecule has 0 aliphatic heterocycles. The average molecular weight is 285 g/mol. The van der Waals surface area contributed by atoms with Crippen molar-refractivity contribution in [2.45, 2.75) is 51.5 Å². The average Bonchev–Trinajstić information content (AvgIpc) is 3.02. The Morgan fingerprint density at radius 2 is 2.19 bits per heavy atom. The van der Waals surface area contributed by atoms with Crippen LogP contribution >= 0.6 is 0 Å². The smallest absolute Gasteiger partial charge is 0.233 e. The first kappa shape index (κ1) is 14.3. The van der Waals surface area contributed by atoms with Crippen molar-refractivity contribution in [3.05, 3.63) is 47.2 Å². The summed E-state index contributed by atoms with van der Waals surface area (Å²) >= 11 is 0. The number of benzene rings is 1. The van der Waals surface area contributed by atoms with Crippen LogP contribution in [0.5, 0.6) is 0 Å². The van der Waals surface area contributed by atoms with Gasteiger partial charge in [0.15, 0.2) is 0 Å². The molecule has 0 fully saturated rings. The molecule has 0 bridgehead atoms. The van der Waals surface area contributed by atoms with E-state index in [-0.39, 0.29) is 12.0 Å². The van der Waals surface area contributed by atoms with E-state index >= 15 is 0 Å². The Morgan fingerprint density at radius 1 is 1.33 bits per heavy atom. The zero-order valence-corrected chi connectivity index (χ0v) is 12.8. The van der Waals surface area contributed by atoms with Crippen LogP contribution in [0.1, 0.15) is 68.0 Å². The van der Waals surface area contributed by atoms with Crippen LogP contribution in [0, 0.1) is 0 Å². The van der Waals surface area contributed by atoms with Gasteiger partial charge in [0.1, 0.15) is 0 Å². The van der Waals surface area contributed by atoms with E-state index in [9.17, 15) is 0 Å². The lowest BCUT2D eigenvalue weighted by molar-refractivity contribution is 0.374. The van der Waals surface area contributed by atoms with Gasteiger partial charge in [-0.2, -0.15) is 0 Å². The predicted molar refractivity (Wildman–Crippen MR) is 82.2 cm³/mol. The van der Waals surface area contributed by atoms with Crippen LogP contribution < -0.4 is 5.32 Å². The Labute approximate surface area is 126 Å². The molecule has 1 aliphatic rings. The van der Waals surface area contributed by atoms with E-state index in [2.05, 4.69) is 53.6 Å². The van der Waals surface area contributed by atoms with Crippen molar-refractivity contribution in [1.82, 2.24) is 15.5 Å². The monoisotopic (exact) mass is 285 g/mol. The summed E-state index contributed by atoms with van der Waals surface area (Å²) in [6.45, 7) is 5.19. The molecule has 0 saturated heterocycles. The largest absolute Gasteiger partial charge is 0.423 e. The molecule has 0 amide bonds. The summed E-state index contributed by atoms with van der Waals surface area (Å²) in [5.74, 6) is 1.72. The van der Waals surface area contributed by atoms with Crippen LogP contribution in [-0.4, -0.2) is 16.7 Å². The minimum atomic E-state index is 0.116. The summed E-state index contributed by atoms with van der Waals surface area (Å²) in [5.41, 5.74) is 2.78. The molecule has 3 rings (SSSR count). The van der Waals surface area contributed by atoms with Crippen LogP contribution in [0.4, 0.5) is 0 Å². The number of hydrogen-bond donors (Lipinski definition) is 1. The molecule has 1 aromatic carbocycles. The third kappa shape index (κ3) is 3.00. The number of hydrogen-bond acceptors (Lipinski definition) is 4. The summed E-state index contributed by atoms with van der Waals surface area (Å²) in [6, 6.07) is 8.73. The third-order valence-electron chi connectivity index (χ3n) is 4.19. The van der Waals surface area contributed by atoms with Gasteiger partial charge < -0.3 is 9.73 Å². The van der Waals surface area contributed by atoms with Gasteiger partial charge in [0.2, 0.25) is 11.8 Å². The van der Waals surface area contributed by atoms with Gasteiger partial charge in [-0.05, 0) is 50.3 Å². The summed E-state index contributed by atoms with van der Waals surface area (Å²) in [5, 5.41) is 11.9. The molecular weight excluding hydrogens is 262 g/mol. The normalized spacial score (nSPS) is 19.2. The second-order valence-corrected chi connectivity index (χ2v) is 5.80. The minimum Gasteiger partial charge on any atom is -0.423 e. The molecule has 2 atom stereocenters. The lowest BCUT2D eigenvalue weighted by atomic mass is 9.83. The summed E-state index contributed by atoms with van der Waals surface area (Å²) in [6.07, 6.45) is 4.53. The fourth-order valence-corrected chi connectivity index (χ4v) is 3.02. The Hall–Kier alpha value is -1.68. The van der Waals surface area contributed by atoms with Crippen molar-refractivity contribution in [1.29, 1.82) is 0 Å². The Bertz CT molecular complexity index is 593. The van der Waals surface area contributed by atoms with Crippen LogP contribution in [0.3, 0.4) is 0 Å². The highest BCUT2D eigenvalue weighted by molar-refractivity contribution is 5.35. The minimum absolute atomic E-state index is 0.116. The fourth-order valence-electron chi connectivity index (χ4n) is 3.02. The van der Waals surface area contributed by atoms with Gasteiger partial charge in [-0.3, -0.25) is 0 Å². The van der Waals surface area contributed by atoms with Gasteiger partial charge in [-0.25, -0.2) is 0 Å². The molecule has 2 aromatic rings. The molecule has 4 nitrogen and oxygen atoms in total. The number of fused-ring (bicyclic) bond motifs is 1. The Balaban J connectivity index is 1.81. The molecule has 1 heterocycles. The highest BCUT2D eigenvalue weighted by Crippen LogP contribution is 2.36. The molecule has 21 heavy (non-hydrogen) atoms. The van der Waals surface area contributed by atoms with Crippen molar-refractivity contribution in [2.75, 3.05) is 6.54 Å². The lowest BCUT2D eigenvalue weighted by Gasteiger charge is -2.22. The van der Waals surface area contributed by atoms with Crippen molar-refractivity contribution in [2.24, 2.45) is 0 Å². The second kappa shape index (κ2) is 6.39. The van der Waals surface area contributed by atoms with E-state index in [0.29, 0.717) is 5.89 Å². The maximum absolute atomic E-state index is 5.95. The van der Waals surface area contributed by atoms with Crippen LogP contribution in [0.2, 0.25) is 0 Å². The Morgan fingerprint density at radius 3 is 3.05 bits per heavy atom. The van der Waals surface area contributed by atoms with E-state index in [0.717, 1.165) is 31.7 Å². The molecule has 0 saturated carbocycles. The number of nitrogens with zero attached hydrogens (tertiary/aromatic N) is 2. The SMILES string of the molecule is CCCNC(C)c1nnc(C2CCCc3ccccc32)o1. The van der Waals surface area contributed by atoms with Crippen LogP contribution in [0.25, 0.3) is 0 Å².